The van der Waals surface area contributed by atoms with Crippen molar-refractivity contribution in [2.24, 2.45) is 0 Å². The van der Waals surface area contributed by atoms with E-state index >= 15 is 0 Å². The lowest BCUT2D eigenvalue weighted by Gasteiger charge is -2.03. The minimum Gasteiger partial charge on any atom is -0.478 e. The molecule has 0 atom stereocenters. The summed E-state index contributed by atoms with van der Waals surface area (Å²) in [6.07, 6.45) is 1.47. The van der Waals surface area contributed by atoms with Gasteiger partial charge >= 0.3 is 5.97 Å². The molecule has 14 heavy (non-hydrogen) atoms. The van der Waals surface area contributed by atoms with E-state index in [0.29, 0.717) is 10.0 Å². The van der Waals surface area contributed by atoms with Gasteiger partial charge in [0.2, 0.25) is 0 Å². The van der Waals surface area contributed by atoms with Crippen molar-refractivity contribution in [1.29, 1.82) is 0 Å². The second-order valence-electron chi connectivity index (χ2n) is 2.60. The summed E-state index contributed by atoms with van der Waals surface area (Å²) >= 11 is 3.16. The average Bonchev–Trinajstić information content (AvgIpc) is 2.19. The summed E-state index contributed by atoms with van der Waals surface area (Å²) in [7, 11) is 0. The van der Waals surface area contributed by atoms with E-state index in [1.165, 1.54) is 6.08 Å². The van der Waals surface area contributed by atoms with Gasteiger partial charge in [-0.3, -0.25) is 0 Å². The Balaban J connectivity index is 3.28. The lowest BCUT2D eigenvalue weighted by Crippen LogP contribution is -2.00. The van der Waals surface area contributed by atoms with E-state index in [1.54, 1.807) is 24.3 Å². The van der Waals surface area contributed by atoms with Gasteiger partial charge in [0.15, 0.2) is 0 Å². The zero-order valence-corrected chi connectivity index (χ0v) is 8.99. The van der Waals surface area contributed by atoms with Crippen LogP contribution in [0.5, 0.6) is 0 Å². The lowest BCUT2D eigenvalue weighted by molar-refractivity contribution is -0.130. The molecule has 0 spiro atoms. The molecular weight excluding hydrogens is 244 g/mol. The molecule has 0 heterocycles. The molecular formula is C11H9BrO2. The second-order valence-corrected chi connectivity index (χ2v) is 3.45. The fraction of sp³-hybridized carbons (Fsp3) is 0. The van der Waals surface area contributed by atoms with Crippen LogP contribution in [-0.2, 0) is 4.79 Å². The Hall–Kier alpha value is -1.35. The van der Waals surface area contributed by atoms with Gasteiger partial charge in [0.1, 0.15) is 0 Å². The molecule has 3 heteroatoms. The fourth-order valence-corrected chi connectivity index (χ4v) is 1.47. The van der Waals surface area contributed by atoms with Crippen molar-refractivity contribution in [1.82, 2.24) is 0 Å². The highest BCUT2D eigenvalue weighted by molar-refractivity contribution is 9.12. The number of carboxylic acids is 1. The molecule has 1 aromatic carbocycles. The monoisotopic (exact) mass is 252 g/mol. The Labute approximate surface area is 90.7 Å². The molecule has 0 amide bonds. The van der Waals surface area contributed by atoms with E-state index < -0.39 is 5.97 Å². The predicted octanol–water partition coefficient (Wildman–Crippen LogP) is 3.06. The molecule has 1 rings (SSSR count). The summed E-state index contributed by atoms with van der Waals surface area (Å²) in [6.45, 7) is 3.52. The molecule has 0 aliphatic rings. The first-order chi connectivity index (χ1) is 6.66. The van der Waals surface area contributed by atoms with Gasteiger partial charge in [0.25, 0.3) is 0 Å². The van der Waals surface area contributed by atoms with Crippen LogP contribution in [0.1, 0.15) is 5.56 Å². The van der Waals surface area contributed by atoms with Crippen LogP contribution in [-0.4, -0.2) is 11.1 Å². The third-order valence-electron chi connectivity index (χ3n) is 1.69. The number of hydrogen-bond donors (Lipinski definition) is 1. The predicted molar refractivity (Wildman–Crippen MR) is 60.1 cm³/mol. The normalized spacial score (nSPS) is 11.8. The standard InChI is InChI=1S/C11H9BrO2/c1-2-9(12)10(11(13)14)8-6-4-3-5-7-8/h2-7H,1H2,(H,13,14). The zero-order valence-electron chi connectivity index (χ0n) is 7.40. The lowest BCUT2D eigenvalue weighted by atomic mass is 10.1. The Morgan fingerprint density at radius 2 is 1.93 bits per heavy atom. The van der Waals surface area contributed by atoms with Crippen molar-refractivity contribution in [2.75, 3.05) is 0 Å². The number of allylic oxidation sites excluding steroid dienone is 2. The van der Waals surface area contributed by atoms with E-state index in [2.05, 4.69) is 22.5 Å². The van der Waals surface area contributed by atoms with Gasteiger partial charge in [0.05, 0.1) is 5.57 Å². The van der Waals surface area contributed by atoms with Gasteiger partial charge < -0.3 is 5.11 Å². The summed E-state index contributed by atoms with van der Waals surface area (Å²) in [6, 6.07) is 8.91. The summed E-state index contributed by atoms with van der Waals surface area (Å²) in [5, 5.41) is 8.99. The molecule has 0 aliphatic carbocycles. The summed E-state index contributed by atoms with van der Waals surface area (Å²) in [5.74, 6) is -0.969. The number of aliphatic carboxylic acids is 1. The SMILES string of the molecule is C=CC(Br)=C(C(=O)O)c1ccccc1. The largest absolute Gasteiger partial charge is 0.478 e. The number of rotatable bonds is 3. The number of benzene rings is 1. The highest BCUT2D eigenvalue weighted by Crippen LogP contribution is 2.23. The first-order valence-electron chi connectivity index (χ1n) is 3.97. The number of halogens is 1. The van der Waals surface area contributed by atoms with Crippen LogP contribution >= 0.6 is 15.9 Å². The van der Waals surface area contributed by atoms with E-state index in [9.17, 15) is 4.79 Å². The Morgan fingerprint density at radius 1 is 1.36 bits per heavy atom. The van der Waals surface area contributed by atoms with Gasteiger partial charge in [0, 0.05) is 4.48 Å². The van der Waals surface area contributed by atoms with Crippen LogP contribution < -0.4 is 0 Å². The van der Waals surface area contributed by atoms with Crippen molar-refractivity contribution in [2.45, 2.75) is 0 Å². The molecule has 0 bridgehead atoms. The third-order valence-corrected chi connectivity index (χ3v) is 2.41. The van der Waals surface area contributed by atoms with Crippen molar-refractivity contribution >= 4 is 27.5 Å². The zero-order chi connectivity index (χ0) is 10.6. The molecule has 72 valence electrons. The number of hydrogen-bond acceptors (Lipinski definition) is 1. The molecule has 0 fully saturated rings. The highest BCUT2D eigenvalue weighted by Gasteiger charge is 2.12. The quantitative estimate of drug-likeness (QED) is 0.664. The summed E-state index contributed by atoms with van der Waals surface area (Å²) < 4.78 is 0.483. The molecule has 0 aliphatic heterocycles. The van der Waals surface area contributed by atoms with E-state index in [0.717, 1.165) is 0 Å². The molecule has 0 radical (unpaired) electrons. The van der Waals surface area contributed by atoms with Crippen LogP contribution in [0.4, 0.5) is 0 Å². The fourth-order valence-electron chi connectivity index (χ4n) is 1.07. The van der Waals surface area contributed by atoms with E-state index in [-0.39, 0.29) is 5.57 Å². The van der Waals surface area contributed by atoms with Gasteiger partial charge in [-0.2, -0.15) is 0 Å². The molecule has 0 unspecified atom stereocenters. The van der Waals surface area contributed by atoms with Gasteiger partial charge in [-0.15, -0.1) is 0 Å². The summed E-state index contributed by atoms with van der Waals surface area (Å²) in [5.41, 5.74) is 0.882. The molecule has 2 nitrogen and oxygen atoms in total. The minimum absolute atomic E-state index is 0.223. The van der Waals surface area contributed by atoms with Crippen molar-refractivity contribution < 1.29 is 9.90 Å². The first-order valence-corrected chi connectivity index (χ1v) is 4.77. The average molecular weight is 253 g/mol. The van der Waals surface area contributed by atoms with Gasteiger partial charge in [-0.1, -0.05) is 43.0 Å². The van der Waals surface area contributed by atoms with E-state index in [4.69, 9.17) is 5.11 Å². The van der Waals surface area contributed by atoms with Crippen molar-refractivity contribution in [3.05, 3.63) is 53.0 Å². The number of carbonyl (C=O) groups is 1. The van der Waals surface area contributed by atoms with E-state index in [1.807, 2.05) is 6.07 Å². The smallest absolute Gasteiger partial charge is 0.337 e. The molecule has 0 aromatic heterocycles. The Kier molecular flexibility index (Phi) is 3.65. The van der Waals surface area contributed by atoms with Crippen molar-refractivity contribution in [3.63, 3.8) is 0 Å². The maximum Gasteiger partial charge on any atom is 0.337 e. The van der Waals surface area contributed by atoms with Crippen molar-refractivity contribution in [3.8, 4) is 0 Å². The van der Waals surface area contributed by atoms with Crippen LogP contribution in [0, 0.1) is 0 Å². The third kappa shape index (κ3) is 2.33. The highest BCUT2D eigenvalue weighted by atomic mass is 79.9. The minimum atomic E-state index is -0.969. The van der Waals surface area contributed by atoms with Gasteiger partial charge in [-0.25, -0.2) is 4.79 Å². The van der Waals surface area contributed by atoms with Crippen LogP contribution in [0.3, 0.4) is 0 Å². The van der Waals surface area contributed by atoms with Crippen LogP contribution in [0.15, 0.2) is 47.5 Å². The van der Waals surface area contributed by atoms with Gasteiger partial charge in [-0.05, 0) is 21.5 Å². The second kappa shape index (κ2) is 4.77. The summed E-state index contributed by atoms with van der Waals surface area (Å²) in [4.78, 5) is 11.0. The topological polar surface area (TPSA) is 37.3 Å². The number of carboxylic acid groups (broad SMARTS) is 1. The molecule has 1 aromatic rings. The molecule has 0 saturated heterocycles. The Bertz CT molecular complexity index is 380. The Morgan fingerprint density at radius 3 is 2.36 bits per heavy atom. The van der Waals surface area contributed by atoms with Crippen LogP contribution in [0.2, 0.25) is 0 Å². The maximum absolute atomic E-state index is 11.0. The first kappa shape index (κ1) is 10.7. The molecule has 0 saturated carbocycles. The maximum atomic E-state index is 11.0. The van der Waals surface area contributed by atoms with Crippen LogP contribution in [0.25, 0.3) is 5.57 Å². The molecule has 1 N–H and O–H groups in total.